The van der Waals surface area contributed by atoms with Crippen LogP contribution in [0.3, 0.4) is 0 Å². The Balaban J connectivity index is 1.82. The van der Waals surface area contributed by atoms with Crippen molar-refractivity contribution in [3.8, 4) is 0 Å². The van der Waals surface area contributed by atoms with Crippen molar-refractivity contribution < 1.29 is 18.7 Å². The van der Waals surface area contributed by atoms with Crippen molar-refractivity contribution in [1.82, 2.24) is 5.32 Å². The highest BCUT2D eigenvalue weighted by atomic mass is 19.2. The van der Waals surface area contributed by atoms with Crippen molar-refractivity contribution in [1.29, 1.82) is 0 Å². The topological polar surface area (TPSA) is 49.3 Å². The number of carbonyl (C=O) groups excluding carboxylic acids is 1. The predicted molar refractivity (Wildman–Crippen MR) is 61.8 cm³/mol. The standard InChI is InChI=1S/C13H15F2NO2/c14-10-2-1-9(7-11(10)15)3-6-16-12(18)13(8-17)4-5-13/h1-2,7,17H,3-6,8H2,(H,16,18). The summed E-state index contributed by atoms with van der Waals surface area (Å²) < 4.78 is 25.6. The third-order valence-electron chi connectivity index (χ3n) is 3.32. The first kappa shape index (κ1) is 13.0. The van der Waals surface area contributed by atoms with E-state index in [9.17, 15) is 13.6 Å². The van der Waals surface area contributed by atoms with Crippen LogP contribution in [0, 0.1) is 17.0 Å². The van der Waals surface area contributed by atoms with Crippen LogP contribution in [-0.4, -0.2) is 24.2 Å². The third-order valence-corrected chi connectivity index (χ3v) is 3.32. The smallest absolute Gasteiger partial charge is 0.228 e. The number of hydrogen-bond donors (Lipinski definition) is 2. The lowest BCUT2D eigenvalue weighted by Gasteiger charge is -2.12. The maximum absolute atomic E-state index is 12.9. The van der Waals surface area contributed by atoms with Gasteiger partial charge in [-0.25, -0.2) is 8.78 Å². The summed E-state index contributed by atoms with van der Waals surface area (Å²) in [5, 5.41) is 11.8. The van der Waals surface area contributed by atoms with E-state index >= 15 is 0 Å². The fourth-order valence-electron chi connectivity index (χ4n) is 1.81. The van der Waals surface area contributed by atoms with Crippen LogP contribution in [0.15, 0.2) is 18.2 Å². The van der Waals surface area contributed by atoms with E-state index in [4.69, 9.17) is 5.11 Å². The molecule has 0 unspecified atom stereocenters. The lowest BCUT2D eigenvalue weighted by molar-refractivity contribution is -0.127. The van der Waals surface area contributed by atoms with Crippen LogP contribution in [0.4, 0.5) is 8.78 Å². The summed E-state index contributed by atoms with van der Waals surface area (Å²) in [5.41, 5.74) is 0.0386. The molecule has 0 bridgehead atoms. The van der Waals surface area contributed by atoms with Crippen LogP contribution in [0.1, 0.15) is 18.4 Å². The van der Waals surface area contributed by atoms with Gasteiger partial charge in [-0.2, -0.15) is 0 Å². The Kier molecular flexibility index (Phi) is 3.61. The molecule has 0 saturated heterocycles. The highest BCUT2D eigenvalue weighted by Gasteiger charge is 2.49. The van der Waals surface area contributed by atoms with Gasteiger partial charge in [0.25, 0.3) is 0 Å². The number of carbonyl (C=O) groups is 1. The van der Waals surface area contributed by atoms with Crippen LogP contribution in [0.5, 0.6) is 0 Å². The number of aliphatic hydroxyl groups is 1. The molecule has 0 radical (unpaired) electrons. The van der Waals surface area contributed by atoms with Gasteiger partial charge in [-0.15, -0.1) is 0 Å². The van der Waals surface area contributed by atoms with Gasteiger partial charge in [-0.1, -0.05) is 6.07 Å². The number of aliphatic hydroxyl groups excluding tert-OH is 1. The van der Waals surface area contributed by atoms with Crippen molar-refractivity contribution in [2.24, 2.45) is 5.41 Å². The van der Waals surface area contributed by atoms with Crippen molar-refractivity contribution in [2.45, 2.75) is 19.3 Å². The average Bonchev–Trinajstić information content (AvgIpc) is 3.14. The molecule has 1 aliphatic rings. The van der Waals surface area contributed by atoms with E-state index in [2.05, 4.69) is 5.32 Å². The molecule has 1 saturated carbocycles. The highest BCUT2D eigenvalue weighted by molar-refractivity contribution is 5.85. The molecule has 1 aromatic rings. The first-order valence-corrected chi connectivity index (χ1v) is 5.90. The van der Waals surface area contributed by atoms with Gasteiger partial charge in [0.2, 0.25) is 5.91 Å². The quantitative estimate of drug-likeness (QED) is 0.835. The molecule has 0 atom stereocenters. The summed E-state index contributed by atoms with van der Waals surface area (Å²) in [5.74, 6) is -1.92. The first-order valence-electron chi connectivity index (χ1n) is 5.90. The fourth-order valence-corrected chi connectivity index (χ4v) is 1.81. The SMILES string of the molecule is O=C(NCCc1ccc(F)c(F)c1)C1(CO)CC1. The molecular formula is C13H15F2NO2. The number of halogens is 2. The number of amides is 1. The number of nitrogens with one attached hydrogen (secondary N) is 1. The normalized spacial score (nSPS) is 16.4. The zero-order chi connectivity index (χ0) is 13.2. The number of hydrogen-bond acceptors (Lipinski definition) is 2. The summed E-state index contributed by atoms with van der Waals surface area (Å²) in [6.07, 6.45) is 1.85. The van der Waals surface area contributed by atoms with Crippen LogP contribution >= 0.6 is 0 Å². The molecule has 1 aliphatic carbocycles. The molecular weight excluding hydrogens is 240 g/mol. The molecule has 0 heterocycles. The molecule has 1 fully saturated rings. The molecule has 1 amide bonds. The minimum Gasteiger partial charge on any atom is -0.395 e. The maximum atomic E-state index is 12.9. The van der Waals surface area contributed by atoms with Gasteiger partial charge in [0.05, 0.1) is 12.0 Å². The van der Waals surface area contributed by atoms with E-state index in [1.807, 2.05) is 0 Å². The summed E-state index contributed by atoms with van der Waals surface area (Å²) >= 11 is 0. The average molecular weight is 255 g/mol. The van der Waals surface area contributed by atoms with Gasteiger partial charge in [-0.05, 0) is 37.0 Å². The lowest BCUT2D eigenvalue weighted by Crippen LogP contribution is -2.35. The molecule has 1 aromatic carbocycles. The Morgan fingerprint density at radius 3 is 2.61 bits per heavy atom. The van der Waals surface area contributed by atoms with Gasteiger partial charge >= 0.3 is 0 Å². The maximum Gasteiger partial charge on any atom is 0.228 e. The van der Waals surface area contributed by atoms with Gasteiger partial charge in [0.15, 0.2) is 11.6 Å². The van der Waals surface area contributed by atoms with Gasteiger partial charge < -0.3 is 10.4 Å². The van der Waals surface area contributed by atoms with Crippen molar-refractivity contribution in [3.05, 3.63) is 35.4 Å². The van der Waals surface area contributed by atoms with Crippen LogP contribution in [-0.2, 0) is 11.2 Å². The molecule has 5 heteroatoms. The molecule has 0 spiro atoms. The zero-order valence-electron chi connectivity index (χ0n) is 9.88. The summed E-state index contributed by atoms with van der Waals surface area (Å²) in [6.45, 7) is 0.218. The second-order valence-electron chi connectivity index (χ2n) is 4.69. The Hall–Kier alpha value is -1.49. The van der Waals surface area contributed by atoms with Crippen molar-refractivity contribution in [2.75, 3.05) is 13.2 Å². The van der Waals surface area contributed by atoms with E-state index in [1.54, 1.807) is 0 Å². The van der Waals surface area contributed by atoms with E-state index in [0.29, 0.717) is 31.4 Å². The second kappa shape index (κ2) is 5.02. The predicted octanol–water partition coefficient (Wildman–Crippen LogP) is 1.40. The zero-order valence-corrected chi connectivity index (χ0v) is 9.88. The monoisotopic (exact) mass is 255 g/mol. The molecule has 3 nitrogen and oxygen atoms in total. The van der Waals surface area contributed by atoms with Gasteiger partial charge in [0.1, 0.15) is 0 Å². The summed E-state index contributed by atoms with van der Waals surface area (Å²) in [7, 11) is 0. The van der Waals surface area contributed by atoms with E-state index < -0.39 is 17.0 Å². The van der Waals surface area contributed by atoms with E-state index in [0.717, 1.165) is 12.1 Å². The Morgan fingerprint density at radius 2 is 2.06 bits per heavy atom. The van der Waals surface area contributed by atoms with Crippen molar-refractivity contribution >= 4 is 5.91 Å². The number of benzene rings is 1. The molecule has 18 heavy (non-hydrogen) atoms. The lowest BCUT2D eigenvalue weighted by atomic mass is 10.1. The fraction of sp³-hybridized carbons (Fsp3) is 0.462. The van der Waals surface area contributed by atoms with Crippen molar-refractivity contribution in [3.63, 3.8) is 0 Å². The highest BCUT2D eigenvalue weighted by Crippen LogP contribution is 2.45. The van der Waals surface area contributed by atoms with Gasteiger partial charge in [-0.3, -0.25) is 4.79 Å². The summed E-state index contributed by atoms with van der Waals surface area (Å²) in [6, 6.07) is 3.69. The van der Waals surface area contributed by atoms with E-state index in [1.165, 1.54) is 6.07 Å². The third kappa shape index (κ3) is 2.67. The largest absolute Gasteiger partial charge is 0.395 e. The Labute approximate surface area is 104 Å². The molecule has 2 N–H and O–H groups in total. The minimum atomic E-state index is -0.882. The van der Waals surface area contributed by atoms with E-state index in [-0.39, 0.29) is 12.5 Å². The molecule has 0 aliphatic heterocycles. The Morgan fingerprint density at radius 1 is 1.33 bits per heavy atom. The van der Waals surface area contributed by atoms with Crippen LogP contribution in [0.25, 0.3) is 0 Å². The number of rotatable bonds is 5. The second-order valence-corrected chi connectivity index (χ2v) is 4.69. The molecule has 2 rings (SSSR count). The first-order chi connectivity index (χ1) is 8.57. The van der Waals surface area contributed by atoms with Crippen LogP contribution < -0.4 is 5.32 Å². The molecule has 98 valence electrons. The summed E-state index contributed by atoms with van der Waals surface area (Å²) in [4.78, 5) is 11.7. The Bertz CT molecular complexity index is 458. The molecule has 0 aromatic heterocycles. The van der Waals surface area contributed by atoms with Gasteiger partial charge in [0, 0.05) is 6.54 Å². The minimum absolute atomic E-state index is 0.135. The van der Waals surface area contributed by atoms with Crippen LogP contribution in [0.2, 0.25) is 0 Å².